The highest BCUT2D eigenvalue weighted by Crippen LogP contribution is 2.41. The number of Topliss-reactive ketones (excluding diaryl/α,β-unsaturated/α-hetero) is 1. The fourth-order valence-electron chi connectivity index (χ4n) is 4.63. The van der Waals surface area contributed by atoms with E-state index >= 15 is 0 Å². The first-order chi connectivity index (χ1) is 16.0. The predicted octanol–water partition coefficient (Wildman–Crippen LogP) is 5.23. The largest absolute Gasteiger partial charge is 0.376 e. The lowest BCUT2D eigenvalue weighted by atomic mass is 9.87. The van der Waals surface area contributed by atoms with Gasteiger partial charge in [0.1, 0.15) is 5.78 Å². The van der Waals surface area contributed by atoms with Crippen molar-refractivity contribution in [3.05, 3.63) is 84.4 Å². The first kappa shape index (κ1) is 23.8. The van der Waals surface area contributed by atoms with Crippen molar-refractivity contribution < 1.29 is 23.7 Å². The number of hydrogen-bond donors (Lipinski definition) is 0. The fraction of sp³-hybridized carbons (Fsp3) is 0.464. The van der Waals surface area contributed by atoms with Crippen LogP contribution in [0.5, 0.6) is 0 Å². The molecule has 0 unspecified atom stereocenters. The average Bonchev–Trinajstić information content (AvgIpc) is 2.83. The average molecular weight is 451 g/mol. The van der Waals surface area contributed by atoms with E-state index in [1.54, 1.807) is 6.08 Å². The van der Waals surface area contributed by atoms with E-state index < -0.39 is 5.79 Å². The van der Waals surface area contributed by atoms with Gasteiger partial charge in [0.15, 0.2) is 5.79 Å². The van der Waals surface area contributed by atoms with Crippen LogP contribution in [0.4, 0.5) is 0 Å². The van der Waals surface area contributed by atoms with Gasteiger partial charge in [-0.25, -0.2) is 0 Å². The summed E-state index contributed by atoms with van der Waals surface area (Å²) in [6.07, 6.45) is 3.12. The molecule has 2 aliphatic rings. The molecule has 2 fully saturated rings. The van der Waals surface area contributed by atoms with Gasteiger partial charge in [0, 0.05) is 25.2 Å². The minimum absolute atomic E-state index is 0.0613. The Morgan fingerprint density at radius 3 is 2.39 bits per heavy atom. The number of ketones is 1. The van der Waals surface area contributed by atoms with Crippen LogP contribution >= 0.6 is 0 Å². The van der Waals surface area contributed by atoms with Crippen LogP contribution in [0, 0.1) is 5.92 Å². The summed E-state index contributed by atoms with van der Waals surface area (Å²) in [6.45, 7) is 7.56. The van der Waals surface area contributed by atoms with Gasteiger partial charge in [0.05, 0.1) is 44.6 Å². The van der Waals surface area contributed by atoms with Gasteiger partial charge in [0.2, 0.25) is 0 Å². The fourth-order valence-corrected chi connectivity index (χ4v) is 4.63. The molecule has 1 spiro atoms. The van der Waals surface area contributed by atoms with E-state index in [0.29, 0.717) is 39.1 Å². The second kappa shape index (κ2) is 11.2. The highest BCUT2D eigenvalue weighted by atomic mass is 16.7. The third-order valence-corrected chi connectivity index (χ3v) is 6.38. The van der Waals surface area contributed by atoms with E-state index in [2.05, 4.69) is 13.5 Å². The number of benzene rings is 2. The summed E-state index contributed by atoms with van der Waals surface area (Å²) < 4.78 is 25.0. The highest BCUT2D eigenvalue weighted by Gasteiger charge is 2.49. The molecule has 0 saturated carbocycles. The molecule has 0 radical (unpaired) electrons. The SMILES string of the molecule is C=C[C@H]1C[C@H](OCc2ccccc2)C[C@@]2(CC(=O)C[C@H]([C@@H](C)COCc3ccccc3)O2)O1. The molecule has 5 atom stereocenters. The molecule has 176 valence electrons. The smallest absolute Gasteiger partial charge is 0.178 e. The quantitative estimate of drug-likeness (QED) is 0.490. The van der Waals surface area contributed by atoms with Crippen molar-refractivity contribution in [1.82, 2.24) is 0 Å². The third-order valence-electron chi connectivity index (χ3n) is 6.38. The van der Waals surface area contributed by atoms with Crippen LogP contribution in [-0.4, -0.2) is 36.5 Å². The summed E-state index contributed by atoms with van der Waals surface area (Å²) in [5.41, 5.74) is 2.25. The van der Waals surface area contributed by atoms with E-state index in [4.69, 9.17) is 18.9 Å². The molecule has 2 aromatic carbocycles. The van der Waals surface area contributed by atoms with Crippen molar-refractivity contribution in [2.75, 3.05) is 6.61 Å². The lowest BCUT2D eigenvalue weighted by Crippen LogP contribution is -2.55. The third kappa shape index (κ3) is 6.61. The number of rotatable bonds is 9. The Morgan fingerprint density at radius 1 is 1.06 bits per heavy atom. The van der Waals surface area contributed by atoms with Crippen molar-refractivity contribution in [3.63, 3.8) is 0 Å². The van der Waals surface area contributed by atoms with Crippen molar-refractivity contribution in [2.45, 2.75) is 69.9 Å². The molecule has 0 N–H and O–H groups in total. The Bertz CT molecular complexity index is 899. The monoisotopic (exact) mass is 450 g/mol. The maximum atomic E-state index is 12.8. The van der Waals surface area contributed by atoms with Gasteiger partial charge in [0.25, 0.3) is 0 Å². The Labute approximate surface area is 196 Å². The van der Waals surface area contributed by atoms with Crippen LogP contribution in [-0.2, 0) is 37.0 Å². The van der Waals surface area contributed by atoms with E-state index in [0.717, 1.165) is 11.1 Å². The minimum Gasteiger partial charge on any atom is -0.376 e. The van der Waals surface area contributed by atoms with Gasteiger partial charge >= 0.3 is 0 Å². The Balaban J connectivity index is 1.37. The lowest BCUT2D eigenvalue weighted by molar-refractivity contribution is -0.321. The summed E-state index contributed by atoms with van der Waals surface area (Å²) in [5, 5.41) is 0. The number of ether oxygens (including phenoxy) is 4. The zero-order valence-electron chi connectivity index (χ0n) is 19.4. The van der Waals surface area contributed by atoms with Crippen molar-refractivity contribution in [2.24, 2.45) is 5.92 Å². The maximum absolute atomic E-state index is 12.8. The van der Waals surface area contributed by atoms with Gasteiger partial charge < -0.3 is 18.9 Å². The number of hydrogen-bond acceptors (Lipinski definition) is 5. The van der Waals surface area contributed by atoms with Crippen LogP contribution in [0.25, 0.3) is 0 Å². The van der Waals surface area contributed by atoms with E-state index in [-0.39, 0.29) is 36.4 Å². The van der Waals surface area contributed by atoms with Gasteiger partial charge in [-0.1, -0.05) is 73.7 Å². The van der Waals surface area contributed by atoms with Gasteiger partial charge in [-0.05, 0) is 11.1 Å². The summed E-state index contributed by atoms with van der Waals surface area (Å²) in [5.74, 6) is -0.745. The van der Waals surface area contributed by atoms with Crippen LogP contribution in [0.15, 0.2) is 73.3 Å². The molecule has 0 aromatic heterocycles. The van der Waals surface area contributed by atoms with Crippen molar-refractivity contribution in [3.8, 4) is 0 Å². The zero-order valence-corrected chi connectivity index (χ0v) is 19.4. The molecular weight excluding hydrogens is 416 g/mol. The Kier molecular flexibility index (Phi) is 8.10. The molecule has 0 aliphatic carbocycles. The van der Waals surface area contributed by atoms with E-state index in [1.807, 2.05) is 60.7 Å². The first-order valence-electron chi connectivity index (χ1n) is 11.8. The molecule has 2 heterocycles. The summed E-state index contributed by atoms with van der Waals surface area (Å²) in [7, 11) is 0. The van der Waals surface area contributed by atoms with Crippen molar-refractivity contribution >= 4 is 5.78 Å². The number of carbonyl (C=O) groups excluding carboxylic acids is 1. The second-order valence-corrected chi connectivity index (χ2v) is 9.22. The zero-order chi connectivity index (χ0) is 23.1. The van der Waals surface area contributed by atoms with Crippen LogP contribution in [0.2, 0.25) is 0 Å². The van der Waals surface area contributed by atoms with Gasteiger partial charge in [-0.15, -0.1) is 6.58 Å². The second-order valence-electron chi connectivity index (χ2n) is 9.22. The molecule has 4 rings (SSSR count). The van der Waals surface area contributed by atoms with Gasteiger partial charge in [-0.3, -0.25) is 4.79 Å². The molecule has 5 nitrogen and oxygen atoms in total. The summed E-state index contributed by atoms with van der Waals surface area (Å²) in [6, 6.07) is 20.2. The van der Waals surface area contributed by atoms with Crippen LogP contribution in [0.3, 0.4) is 0 Å². The molecule has 0 amide bonds. The lowest BCUT2D eigenvalue weighted by Gasteiger charge is -2.48. The Morgan fingerprint density at radius 2 is 1.73 bits per heavy atom. The molecule has 5 heteroatoms. The van der Waals surface area contributed by atoms with Crippen LogP contribution in [0.1, 0.15) is 43.7 Å². The molecular formula is C28H34O5. The maximum Gasteiger partial charge on any atom is 0.178 e. The summed E-state index contributed by atoms with van der Waals surface area (Å²) in [4.78, 5) is 12.8. The Hall–Kier alpha value is -2.31. The topological polar surface area (TPSA) is 54.0 Å². The predicted molar refractivity (Wildman–Crippen MR) is 126 cm³/mol. The molecule has 33 heavy (non-hydrogen) atoms. The van der Waals surface area contributed by atoms with E-state index in [9.17, 15) is 4.79 Å². The molecule has 0 bridgehead atoms. The summed E-state index contributed by atoms with van der Waals surface area (Å²) >= 11 is 0. The van der Waals surface area contributed by atoms with Crippen molar-refractivity contribution in [1.29, 1.82) is 0 Å². The number of carbonyl (C=O) groups is 1. The normalized spacial score (nSPS) is 28.5. The highest BCUT2D eigenvalue weighted by molar-refractivity contribution is 5.80. The van der Waals surface area contributed by atoms with E-state index in [1.165, 1.54) is 0 Å². The standard InChI is InChI=1S/C28H34O5/c1-3-25-15-26(31-20-23-12-8-5-9-13-23)17-28(32-25)16-24(29)14-27(33-28)21(2)18-30-19-22-10-6-4-7-11-22/h3-13,21,25-27H,1,14-20H2,2H3/t21-,25-,26-,27+,28-/m0/s1. The molecule has 2 aliphatic heterocycles. The minimum atomic E-state index is -0.966. The molecule has 2 saturated heterocycles. The van der Waals surface area contributed by atoms with Crippen LogP contribution < -0.4 is 0 Å². The molecule has 2 aromatic rings. The first-order valence-corrected chi connectivity index (χ1v) is 11.8. The van der Waals surface area contributed by atoms with Gasteiger partial charge in [-0.2, -0.15) is 0 Å².